The molecule has 1 aromatic rings. The highest BCUT2D eigenvalue weighted by Crippen LogP contribution is 2.16. The lowest BCUT2D eigenvalue weighted by Gasteiger charge is -2.15. The number of halogens is 1. The van der Waals surface area contributed by atoms with Gasteiger partial charge in [0.05, 0.1) is 6.61 Å². The van der Waals surface area contributed by atoms with Crippen LogP contribution in [0.25, 0.3) is 0 Å². The molecule has 0 aromatic heterocycles. The van der Waals surface area contributed by atoms with Crippen LogP contribution in [0.2, 0.25) is 0 Å². The first-order chi connectivity index (χ1) is 6.15. The monoisotopic (exact) mass is 186 g/mol. The van der Waals surface area contributed by atoms with Crippen molar-refractivity contribution in [1.82, 2.24) is 0 Å². The van der Waals surface area contributed by atoms with Crippen molar-refractivity contribution in [2.75, 3.05) is 6.61 Å². The summed E-state index contributed by atoms with van der Waals surface area (Å²) in [5.41, 5.74) is 0.378. The fraction of sp³-hybridized carbons (Fsp3) is 0.333. The molecule has 0 aliphatic heterocycles. The Morgan fingerprint density at radius 1 is 1.15 bits per heavy atom. The first kappa shape index (κ1) is 10.1. The molecule has 3 N–H and O–H groups in total. The van der Waals surface area contributed by atoms with Crippen molar-refractivity contribution < 1.29 is 19.7 Å². The third-order valence-electron chi connectivity index (χ3n) is 1.76. The fourth-order valence-electron chi connectivity index (χ4n) is 0.982. The van der Waals surface area contributed by atoms with E-state index in [-0.39, 0.29) is 0 Å². The first-order valence-corrected chi connectivity index (χ1v) is 3.87. The van der Waals surface area contributed by atoms with E-state index < -0.39 is 24.6 Å². The van der Waals surface area contributed by atoms with Gasteiger partial charge in [-0.3, -0.25) is 0 Å². The standard InChI is InChI=1S/C9H11FO3/c10-7-3-1-6(2-4-7)9(13)8(12)5-11/h1-4,8-9,11-13H,5H2/t8-,9?/m1/s1. The highest BCUT2D eigenvalue weighted by Gasteiger charge is 2.16. The molecule has 0 saturated carbocycles. The second-order valence-corrected chi connectivity index (χ2v) is 2.75. The van der Waals surface area contributed by atoms with E-state index >= 15 is 0 Å². The Labute approximate surface area is 75.1 Å². The minimum Gasteiger partial charge on any atom is -0.394 e. The molecule has 0 spiro atoms. The van der Waals surface area contributed by atoms with E-state index in [1.54, 1.807) is 0 Å². The summed E-state index contributed by atoms with van der Waals surface area (Å²) in [6.45, 7) is -0.529. The van der Waals surface area contributed by atoms with Gasteiger partial charge in [-0.25, -0.2) is 4.39 Å². The fourth-order valence-corrected chi connectivity index (χ4v) is 0.982. The van der Waals surface area contributed by atoms with Gasteiger partial charge in [0.25, 0.3) is 0 Å². The molecular formula is C9H11FO3. The highest BCUT2D eigenvalue weighted by atomic mass is 19.1. The zero-order valence-electron chi connectivity index (χ0n) is 6.89. The lowest BCUT2D eigenvalue weighted by molar-refractivity contribution is -0.0152. The predicted molar refractivity (Wildman–Crippen MR) is 44.5 cm³/mol. The summed E-state index contributed by atoms with van der Waals surface area (Å²) in [5.74, 6) is -0.408. The summed E-state index contributed by atoms with van der Waals surface area (Å²) in [4.78, 5) is 0. The Morgan fingerprint density at radius 2 is 1.69 bits per heavy atom. The Morgan fingerprint density at radius 3 is 2.15 bits per heavy atom. The molecule has 3 nitrogen and oxygen atoms in total. The molecule has 1 rings (SSSR count). The van der Waals surface area contributed by atoms with Crippen molar-refractivity contribution in [2.45, 2.75) is 12.2 Å². The van der Waals surface area contributed by atoms with Gasteiger partial charge in [0.2, 0.25) is 0 Å². The lowest BCUT2D eigenvalue weighted by Crippen LogP contribution is -2.21. The molecule has 0 bridgehead atoms. The van der Waals surface area contributed by atoms with Crippen molar-refractivity contribution in [3.63, 3.8) is 0 Å². The Balaban J connectivity index is 2.77. The number of rotatable bonds is 3. The predicted octanol–water partition coefficient (Wildman–Crippen LogP) is 0.212. The summed E-state index contributed by atoms with van der Waals surface area (Å²) < 4.78 is 12.4. The molecule has 1 aromatic carbocycles. The van der Waals surface area contributed by atoms with E-state index in [1.807, 2.05) is 0 Å². The van der Waals surface area contributed by atoms with Gasteiger partial charge in [0.1, 0.15) is 18.0 Å². The smallest absolute Gasteiger partial charge is 0.123 e. The van der Waals surface area contributed by atoms with Gasteiger partial charge in [-0.15, -0.1) is 0 Å². The van der Waals surface area contributed by atoms with E-state index in [0.717, 1.165) is 0 Å². The summed E-state index contributed by atoms with van der Waals surface area (Å²) in [7, 11) is 0. The van der Waals surface area contributed by atoms with Gasteiger partial charge < -0.3 is 15.3 Å². The van der Waals surface area contributed by atoms with Crippen LogP contribution in [0.4, 0.5) is 4.39 Å². The van der Waals surface area contributed by atoms with E-state index in [9.17, 15) is 9.50 Å². The van der Waals surface area contributed by atoms with Gasteiger partial charge in [0, 0.05) is 0 Å². The number of hydrogen-bond acceptors (Lipinski definition) is 3. The van der Waals surface area contributed by atoms with Crippen LogP contribution < -0.4 is 0 Å². The third-order valence-corrected chi connectivity index (χ3v) is 1.76. The van der Waals surface area contributed by atoms with Gasteiger partial charge in [-0.05, 0) is 17.7 Å². The molecule has 0 amide bonds. The molecule has 0 radical (unpaired) electrons. The first-order valence-electron chi connectivity index (χ1n) is 3.87. The molecule has 4 heteroatoms. The largest absolute Gasteiger partial charge is 0.394 e. The van der Waals surface area contributed by atoms with Crippen LogP contribution >= 0.6 is 0 Å². The minimum absolute atomic E-state index is 0.378. The second kappa shape index (κ2) is 4.32. The summed E-state index contributed by atoms with van der Waals surface area (Å²) in [5, 5.41) is 26.9. The molecular weight excluding hydrogens is 175 g/mol. The molecule has 72 valence electrons. The normalized spacial score (nSPS) is 15.4. The second-order valence-electron chi connectivity index (χ2n) is 2.75. The van der Waals surface area contributed by atoms with Crippen LogP contribution in [0.3, 0.4) is 0 Å². The molecule has 1 unspecified atom stereocenters. The van der Waals surface area contributed by atoms with Crippen LogP contribution in [0.5, 0.6) is 0 Å². The van der Waals surface area contributed by atoms with Crippen molar-refractivity contribution in [2.24, 2.45) is 0 Å². The molecule has 0 fully saturated rings. The number of hydrogen-bond donors (Lipinski definition) is 3. The SMILES string of the molecule is OC[C@@H](O)C(O)c1ccc(F)cc1. The van der Waals surface area contributed by atoms with Crippen molar-refractivity contribution >= 4 is 0 Å². The third kappa shape index (κ3) is 2.48. The van der Waals surface area contributed by atoms with Crippen molar-refractivity contribution in [1.29, 1.82) is 0 Å². The van der Waals surface area contributed by atoms with E-state index in [1.165, 1.54) is 24.3 Å². The maximum atomic E-state index is 12.4. The number of aliphatic hydroxyl groups is 3. The lowest BCUT2D eigenvalue weighted by atomic mass is 10.1. The van der Waals surface area contributed by atoms with Gasteiger partial charge in [-0.2, -0.15) is 0 Å². The van der Waals surface area contributed by atoms with Crippen molar-refractivity contribution in [3.05, 3.63) is 35.6 Å². The zero-order valence-corrected chi connectivity index (χ0v) is 6.89. The van der Waals surface area contributed by atoms with Crippen LogP contribution in [-0.4, -0.2) is 28.0 Å². The highest BCUT2D eigenvalue weighted by molar-refractivity contribution is 5.19. The van der Waals surface area contributed by atoms with E-state index in [2.05, 4.69) is 0 Å². The average molecular weight is 186 g/mol. The summed E-state index contributed by atoms with van der Waals surface area (Å²) in [6, 6.07) is 5.09. The maximum absolute atomic E-state index is 12.4. The Bertz CT molecular complexity index is 260. The van der Waals surface area contributed by atoms with Gasteiger partial charge in [0.15, 0.2) is 0 Å². The number of benzene rings is 1. The van der Waals surface area contributed by atoms with Crippen molar-refractivity contribution in [3.8, 4) is 0 Å². The Kier molecular flexibility index (Phi) is 3.36. The summed E-state index contributed by atoms with van der Waals surface area (Å²) >= 11 is 0. The zero-order chi connectivity index (χ0) is 9.84. The molecule has 0 heterocycles. The maximum Gasteiger partial charge on any atom is 0.123 e. The molecule has 0 aliphatic rings. The Hall–Kier alpha value is -0.970. The molecule has 0 aliphatic carbocycles. The minimum atomic E-state index is -1.23. The van der Waals surface area contributed by atoms with Crippen LogP contribution in [-0.2, 0) is 0 Å². The molecule has 0 saturated heterocycles. The van der Waals surface area contributed by atoms with Crippen LogP contribution in [0, 0.1) is 5.82 Å². The quantitative estimate of drug-likeness (QED) is 0.632. The van der Waals surface area contributed by atoms with Crippen LogP contribution in [0.15, 0.2) is 24.3 Å². The summed E-state index contributed by atoms with van der Waals surface area (Å²) in [6.07, 6.45) is -2.41. The van der Waals surface area contributed by atoms with Crippen LogP contribution in [0.1, 0.15) is 11.7 Å². The average Bonchev–Trinajstić information content (AvgIpc) is 2.17. The molecule has 2 atom stereocenters. The van der Waals surface area contributed by atoms with E-state index in [4.69, 9.17) is 10.2 Å². The topological polar surface area (TPSA) is 60.7 Å². The number of aliphatic hydroxyl groups excluding tert-OH is 3. The van der Waals surface area contributed by atoms with Gasteiger partial charge >= 0.3 is 0 Å². The molecule has 13 heavy (non-hydrogen) atoms. The van der Waals surface area contributed by atoms with E-state index in [0.29, 0.717) is 5.56 Å². The van der Waals surface area contributed by atoms with Gasteiger partial charge in [-0.1, -0.05) is 12.1 Å².